The fourth-order valence-electron chi connectivity index (χ4n) is 4.11. The lowest BCUT2D eigenvalue weighted by atomic mass is 9.96. The zero-order valence-electron chi connectivity index (χ0n) is 20.0. The van der Waals surface area contributed by atoms with E-state index in [4.69, 9.17) is 21.3 Å². The first-order valence-corrected chi connectivity index (χ1v) is 14.0. The molecule has 1 aliphatic heterocycles. The second kappa shape index (κ2) is 10.8. The third-order valence-corrected chi connectivity index (χ3v) is 9.32. The zero-order chi connectivity index (χ0) is 25.2. The first-order chi connectivity index (χ1) is 16.7. The number of ether oxygens (including phenoxy) is 1. The number of carbonyl (C=O) groups is 1. The van der Waals surface area contributed by atoms with E-state index in [0.717, 1.165) is 10.2 Å². The van der Waals surface area contributed by atoms with Crippen LogP contribution in [0, 0.1) is 5.92 Å². The van der Waals surface area contributed by atoms with Gasteiger partial charge in [-0.25, -0.2) is 13.4 Å². The molecule has 0 atom stereocenters. The second-order valence-electron chi connectivity index (χ2n) is 8.73. The van der Waals surface area contributed by atoms with Gasteiger partial charge in [-0.15, -0.1) is 0 Å². The molecule has 35 heavy (non-hydrogen) atoms. The van der Waals surface area contributed by atoms with Crippen molar-refractivity contribution in [3.05, 3.63) is 47.5 Å². The number of amides is 1. The summed E-state index contributed by atoms with van der Waals surface area (Å²) in [5, 5.41) is 1.12. The summed E-state index contributed by atoms with van der Waals surface area (Å²) in [5.41, 5.74) is 0.738. The molecule has 0 bridgehead atoms. The van der Waals surface area contributed by atoms with Crippen LogP contribution < -0.4 is 9.64 Å². The fraction of sp³-hybridized carbons (Fsp3) is 0.417. The molecule has 4 rings (SSSR count). The smallest absolute Gasteiger partial charge is 0.243 e. The van der Waals surface area contributed by atoms with Gasteiger partial charge in [0.2, 0.25) is 15.9 Å². The molecule has 1 saturated heterocycles. The van der Waals surface area contributed by atoms with E-state index in [9.17, 15) is 13.2 Å². The van der Waals surface area contributed by atoms with Crippen molar-refractivity contribution >= 4 is 54.2 Å². The molecule has 2 aromatic carbocycles. The normalized spacial score (nSPS) is 15.6. The average molecular weight is 537 g/mol. The molecule has 0 unspecified atom stereocenters. The van der Waals surface area contributed by atoms with Crippen LogP contribution in [-0.2, 0) is 14.8 Å². The second-order valence-corrected chi connectivity index (χ2v) is 12.1. The topological polar surface area (TPSA) is 83.0 Å². The molecule has 3 aromatic rings. The highest BCUT2D eigenvalue weighted by Crippen LogP contribution is 2.35. The van der Waals surface area contributed by atoms with E-state index < -0.39 is 10.0 Å². The molecule has 1 amide bonds. The van der Waals surface area contributed by atoms with Crippen molar-refractivity contribution in [3.8, 4) is 5.75 Å². The van der Waals surface area contributed by atoms with Crippen LogP contribution in [0.1, 0.15) is 12.8 Å². The van der Waals surface area contributed by atoms with Gasteiger partial charge in [0.05, 0.1) is 16.7 Å². The number of fused-ring (bicyclic) bond motifs is 1. The van der Waals surface area contributed by atoms with Crippen molar-refractivity contribution in [3.63, 3.8) is 0 Å². The van der Waals surface area contributed by atoms with Crippen LogP contribution in [0.4, 0.5) is 5.13 Å². The molecule has 0 saturated carbocycles. The highest BCUT2D eigenvalue weighted by Gasteiger charge is 2.35. The average Bonchev–Trinajstić information content (AvgIpc) is 3.28. The number of anilines is 1. The summed E-state index contributed by atoms with van der Waals surface area (Å²) in [4.78, 5) is 22.4. The molecule has 0 radical (unpaired) electrons. The summed E-state index contributed by atoms with van der Waals surface area (Å²) < 4.78 is 33.9. The fourth-order valence-corrected chi connectivity index (χ4v) is 6.72. The third kappa shape index (κ3) is 5.62. The van der Waals surface area contributed by atoms with Crippen molar-refractivity contribution < 1.29 is 17.9 Å². The van der Waals surface area contributed by atoms with Crippen LogP contribution in [0.5, 0.6) is 5.75 Å². The summed E-state index contributed by atoms with van der Waals surface area (Å²) >= 11 is 7.37. The Morgan fingerprint density at radius 3 is 2.46 bits per heavy atom. The van der Waals surface area contributed by atoms with E-state index in [1.165, 1.54) is 27.8 Å². The highest BCUT2D eigenvalue weighted by molar-refractivity contribution is 7.89. The largest absolute Gasteiger partial charge is 0.494 e. The van der Waals surface area contributed by atoms with E-state index in [0.29, 0.717) is 41.8 Å². The minimum absolute atomic E-state index is 0.0200. The zero-order valence-corrected chi connectivity index (χ0v) is 22.4. The van der Waals surface area contributed by atoms with Crippen molar-refractivity contribution in [2.75, 3.05) is 52.3 Å². The molecule has 188 valence electrons. The summed E-state index contributed by atoms with van der Waals surface area (Å²) in [6, 6.07) is 11.9. The lowest BCUT2D eigenvalue weighted by Gasteiger charge is -2.33. The Balaban J connectivity index is 1.52. The lowest BCUT2D eigenvalue weighted by Crippen LogP contribution is -2.46. The van der Waals surface area contributed by atoms with E-state index in [-0.39, 0.29) is 29.8 Å². The molecule has 8 nitrogen and oxygen atoms in total. The Morgan fingerprint density at radius 2 is 1.83 bits per heavy atom. The van der Waals surface area contributed by atoms with Gasteiger partial charge in [0.25, 0.3) is 0 Å². The number of hydrogen-bond donors (Lipinski definition) is 0. The van der Waals surface area contributed by atoms with Crippen molar-refractivity contribution in [1.82, 2.24) is 14.2 Å². The van der Waals surface area contributed by atoms with Crippen LogP contribution in [0.25, 0.3) is 10.2 Å². The Bertz CT molecular complexity index is 1290. The molecule has 1 fully saturated rings. The lowest BCUT2D eigenvalue weighted by molar-refractivity contribution is -0.123. The number of sulfonamides is 1. The van der Waals surface area contributed by atoms with Crippen molar-refractivity contribution in [1.29, 1.82) is 0 Å². The molecule has 2 heterocycles. The number of methoxy groups -OCH3 is 1. The van der Waals surface area contributed by atoms with E-state index in [1.807, 2.05) is 37.2 Å². The SMILES string of the molecule is COc1cccc2sc(N(CCN(C)C)C(=O)C3CCN(S(=O)(=O)c4ccc(Cl)cc4)CC3)nc12. The standard InChI is InChI=1S/C24H29ClN4O4S2/c1-27(2)15-16-29(24-26-22-20(33-3)5-4-6-21(22)34-24)23(30)17-11-13-28(14-12-17)35(31,32)19-9-7-18(25)8-10-19/h4-10,17H,11-16H2,1-3H3. The number of piperidine rings is 1. The number of thiazole rings is 1. The van der Waals surface area contributed by atoms with Gasteiger partial charge in [-0.2, -0.15) is 4.31 Å². The maximum Gasteiger partial charge on any atom is 0.243 e. The Hall–Kier alpha value is -2.24. The number of aromatic nitrogens is 1. The number of rotatable bonds is 8. The van der Waals surface area contributed by atoms with Gasteiger partial charge in [0.1, 0.15) is 11.3 Å². The maximum atomic E-state index is 13.7. The van der Waals surface area contributed by atoms with Crippen LogP contribution in [0.15, 0.2) is 47.4 Å². The monoisotopic (exact) mass is 536 g/mol. The molecular formula is C24H29ClN4O4S2. The van der Waals surface area contributed by atoms with Crippen LogP contribution in [0.3, 0.4) is 0 Å². The number of nitrogens with zero attached hydrogens (tertiary/aromatic N) is 4. The first kappa shape index (κ1) is 25.8. The Labute approximate surface area is 215 Å². The van der Waals surface area contributed by atoms with E-state index >= 15 is 0 Å². The number of halogens is 1. The number of benzene rings is 2. The van der Waals surface area contributed by atoms with Crippen molar-refractivity contribution in [2.45, 2.75) is 17.7 Å². The summed E-state index contributed by atoms with van der Waals surface area (Å²) in [6.07, 6.45) is 0.913. The van der Waals surface area contributed by atoms with Crippen LogP contribution >= 0.6 is 22.9 Å². The van der Waals surface area contributed by atoms with Crippen LogP contribution in [0.2, 0.25) is 5.02 Å². The van der Waals surface area contributed by atoms with Gasteiger partial charge in [0.15, 0.2) is 5.13 Å². The predicted molar refractivity (Wildman–Crippen MR) is 140 cm³/mol. The minimum atomic E-state index is -3.63. The molecular weight excluding hydrogens is 508 g/mol. The molecule has 1 aromatic heterocycles. The third-order valence-electron chi connectivity index (χ3n) is 6.11. The maximum absolute atomic E-state index is 13.7. The van der Waals surface area contributed by atoms with Gasteiger partial charge in [-0.1, -0.05) is 29.0 Å². The van der Waals surface area contributed by atoms with Gasteiger partial charge in [0, 0.05) is 37.1 Å². The molecule has 11 heteroatoms. The van der Waals surface area contributed by atoms with Crippen LogP contribution in [-0.4, -0.2) is 75.9 Å². The molecule has 1 aliphatic rings. The summed E-state index contributed by atoms with van der Waals surface area (Å²) in [6.45, 7) is 1.76. The Kier molecular flexibility index (Phi) is 7.97. The van der Waals surface area contributed by atoms with Gasteiger partial charge in [-0.05, 0) is 63.3 Å². The number of para-hydroxylation sites is 1. The Morgan fingerprint density at radius 1 is 1.14 bits per heavy atom. The van der Waals surface area contributed by atoms with Gasteiger partial charge in [-0.3, -0.25) is 9.69 Å². The number of likely N-dealkylation sites (N-methyl/N-ethyl adjacent to an activating group) is 1. The van der Waals surface area contributed by atoms with Gasteiger partial charge >= 0.3 is 0 Å². The minimum Gasteiger partial charge on any atom is -0.494 e. The summed E-state index contributed by atoms with van der Waals surface area (Å²) in [5.74, 6) is 0.377. The molecule has 0 spiro atoms. The predicted octanol–water partition coefficient (Wildman–Crippen LogP) is 3.95. The first-order valence-electron chi connectivity index (χ1n) is 11.4. The number of hydrogen-bond acceptors (Lipinski definition) is 7. The highest BCUT2D eigenvalue weighted by atomic mass is 35.5. The molecule has 0 N–H and O–H groups in total. The summed E-state index contributed by atoms with van der Waals surface area (Å²) in [7, 11) is 1.90. The molecule has 0 aliphatic carbocycles. The number of carbonyl (C=O) groups excluding carboxylic acids is 1. The van der Waals surface area contributed by atoms with Gasteiger partial charge < -0.3 is 9.64 Å². The van der Waals surface area contributed by atoms with E-state index in [2.05, 4.69) is 0 Å². The quantitative estimate of drug-likeness (QED) is 0.433. The van der Waals surface area contributed by atoms with E-state index in [1.54, 1.807) is 24.1 Å². The van der Waals surface area contributed by atoms with Crippen molar-refractivity contribution in [2.24, 2.45) is 5.92 Å².